The minimum Gasteiger partial charge on any atom is -0.322 e. The molecule has 0 bridgehead atoms. The van der Waals surface area contributed by atoms with Crippen molar-refractivity contribution in [3.05, 3.63) is 29.8 Å². The number of benzene rings is 1. The van der Waals surface area contributed by atoms with E-state index < -0.39 is 34.1 Å². The summed E-state index contributed by atoms with van der Waals surface area (Å²) < 4.78 is 50.3. The van der Waals surface area contributed by atoms with Crippen molar-refractivity contribution in [2.75, 3.05) is 24.7 Å². The van der Waals surface area contributed by atoms with Gasteiger partial charge >= 0.3 is 0 Å². The molecule has 8 heteroatoms. The molecule has 1 aromatic carbocycles. The maximum absolute atomic E-state index is 13.4. The van der Waals surface area contributed by atoms with Gasteiger partial charge in [-0.25, -0.2) is 17.2 Å². The molecule has 0 aliphatic rings. The van der Waals surface area contributed by atoms with E-state index in [1.165, 1.54) is 0 Å². The Balaban J connectivity index is 2.78. The van der Waals surface area contributed by atoms with Gasteiger partial charge in [0.1, 0.15) is 11.6 Å². The highest BCUT2D eigenvalue weighted by Crippen LogP contribution is 2.15. The Labute approximate surface area is 123 Å². The van der Waals surface area contributed by atoms with Gasteiger partial charge in [0.2, 0.25) is 15.9 Å². The van der Waals surface area contributed by atoms with E-state index in [0.717, 1.165) is 22.7 Å². The zero-order valence-electron chi connectivity index (χ0n) is 12.1. The number of hydrogen-bond donors (Lipinski definition) is 1. The number of carbonyl (C=O) groups is 1. The van der Waals surface area contributed by atoms with Crippen molar-refractivity contribution in [3.8, 4) is 0 Å². The molecule has 1 amide bonds. The van der Waals surface area contributed by atoms with E-state index >= 15 is 0 Å². The number of amides is 1. The van der Waals surface area contributed by atoms with Crippen LogP contribution in [0.2, 0.25) is 0 Å². The molecule has 0 radical (unpaired) electrons. The summed E-state index contributed by atoms with van der Waals surface area (Å²) in [5, 5.41) is 2.23. The average molecular weight is 320 g/mol. The first-order valence-corrected chi connectivity index (χ1v) is 8.14. The molecule has 118 valence electrons. The summed E-state index contributed by atoms with van der Waals surface area (Å²) in [5.74, 6) is -2.33. The Morgan fingerprint density at radius 2 is 1.95 bits per heavy atom. The van der Waals surface area contributed by atoms with Crippen molar-refractivity contribution in [2.45, 2.75) is 13.8 Å². The van der Waals surface area contributed by atoms with Gasteiger partial charge in [-0.1, -0.05) is 13.8 Å². The lowest BCUT2D eigenvalue weighted by atomic mass is 10.2. The third-order valence-electron chi connectivity index (χ3n) is 2.56. The van der Waals surface area contributed by atoms with Crippen molar-refractivity contribution in [1.82, 2.24) is 4.31 Å². The fourth-order valence-corrected chi connectivity index (χ4v) is 2.59. The molecular formula is C13H18F2N2O3S. The lowest BCUT2D eigenvalue weighted by molar-refractivity contribution is -0.116. The van der Waals surface area contributed by atoms with Crippen molar-refractivity contribution < 1.29 is 22.0 Å². The zero-order valence-corrected chi connectivity index (χ0v) is 12.9. The highest BCUT2D eigenvalue weighted by molar-refractivity contribution is 7.88. The number of hydrogen-bond acceptors (Lipinski definition) is 3. The van der Waals surface area contributed by atoms with Gasteiger partial charge in [-0.2, -0.15) is 4.31 Å². The average Bonchev–Trinajstić information content (AvgIpc) is 2.30. The van der Waals surface area contributed by atoms with Gasteiger partial charge in [0.05, 0.1) is 18.5 Å². The monoisotopic (exact) mass is 320 g/mol. The Bertz CT molecular complexity index is 618. The predicted octanol–water partition coefficient (Wildman–Crippen LogP) is 1.82. The lowest BCUT2D eigenvalue weighted by Gasteiger charge is -2.21. The Kier molecular flexibility index (Phi) is 5.79. The first-order valence-electron chi connectivity index (χ1n) is 6.29. The summed E-state index contributed by atoms with van der Waals surface area (Å²) in [7, 11) is -3.55. The van der Waals surface area contributed by atoms with Gasteiger partial charge in [0, 0.05) is 12.6 Å². The van der Waals surface area contributed by atoms with Crippen LogP contribution in [-0.4, -0.2) is 38.0 Å². The smallest absolute Gasteiger partial charge is 0.239 e. The van der Waals surface area contributed by atoms with Crippen molar-refractivity contribution in [3.63, 3.8) is 0 Å². The molecule has 0 unspecified atom stereocenters. The topological polar surface area (TPSA) is 66.5 Å². The number of anilines is 1. The van der Waals surface area contributed by atoms with Gasteiger partial charge in [-0.05, 0) is 18.1 Å². The summed E-state index contributed by atoms with van der Waals surface area (Å²) in [6.07, 6.45) is 1.00. The largest absolute Gasteiger partial charge is 0.322 e. The Hall–Kier alpha value is -1.54. The number of nitrogens with one attached hydrogen (secondary N) is 1. The number of nitrogens with zero attached hydrogens (tertiary/aromatic N) is 1. The first kappa shape index (κ1) is 17.5. The van der Waals surface area contributed by atoms with Crippen LogP contribution < -0.4 is 5.32 Å². The highest BCUT2D eigenvalue weighted by atomic mass is 32.2. The third-order valence-corrected chi connectivity index (χ3v) is 3.78. The van der Waals surface area contributed by atoms with Crippen LogP contribution in [0, 0.1) is 17.6 Å². The van der Waals surface area contributed by atoms with E-state index in [-0.39, 0.29) is 18.2 Å². The number of rotatable bonds is 6. The van der Waals surface area contributed by atoms with E-state index in [2.05, 4.69) is 5.32 Å². The number of halogens is 2. The van der Waals surface area contributed by atoms with E-state index in [9.17, 15) is 22.0 Å². The molecule has 1 rings (SSSR count). The maximum Gasteiger partial charge on any atom is 0.239 e. The quantitative estimate of drug-likeness (QED) is 0.869. The Morgan fingerprint density at radius 1 is 1.33 bits per heavy atom. The fourth-order valence-electron chi connectivity index (χ4n) is 1.67. The Morgan fingerprint density at radius 3 is 2.43 bits per heavy atom. The van der Waals surface area contributed by atoms with E-state index in [4.69, 9.17) is 0 Å². The summed E-state index contributed by atoms with van der Waals surface area (Å²) in [4.78, 5) is 11.8. The van der Waals surface area contributed by atoms with Crippen LogP contribution in [0.1, 0.15) is 13.8 Å². The molecule has 0 aliphatic heterocycles. The summed E-state index contributed by atoms with van der Waals surface area (Å²) in [6.45, 7) is 3.39. The van der Waals surface area contributed by atoms with E-state index in [1.54, 1.807) is 0 Å². The summed E-state index contributed by atoms with van der Waals surface area (Å²) >= 11 is 0. The minimum absolute atomic E-state index is 0.0371. The van der Waals surface area contributed by atoms with Crippen LogP contribution in [0.4, 0.5) is 14.5 Å². The van der Waals surface area contributed by atoms with Gasteiger partial charge in [-0.15, -0.1) is 0 Å². The third kappa shape index (κ3) is 5.76. The lowest BCUT2D eigenvalue weighted by Crippen LogP contribution is -2.39. The molecule has 0 aromatic heterocycles. The van der Waals surface area contributed by atoms with Crippen LogP contribution in [0.5, 0.6) is 0 Å². The predicted molar refractivity (Wildman–Crippen MR) is 76.2 cm³/mol. The van der Waals surface area contributed by atoms with Crippen LogP contribution in [-0.2, 0) is 14.8 Å². The SMILES string of the molecule is CC(C)CN(CC(=O)Nc1ccc(F)cc1F)S(C)(=O)=O. The molecule has 0 aliphatic carbocycles. The molecule has 0 atom stereocenters. The highest BCUT2D eigenvalue weighted by Gasteiger charge is 2.21. The molecule has 0 spiro atoms. The fraction of sp³-hybridized carbons (Fsp3) is 0.462. The van der Waals surface area contributed by atoms with Crippen molar-refractivity contribution >= 4 is 21.6 Å². The number of carbonyl (C=O) groups excluding carboxylic acids is 1. The molecular weight excluding hydrogens is 302 g/mol. The number of sulfonamides is 1. The zero-order chi connectivity index (χ0) is 16.2. The van der Waals surface area contributed by atoms with E-state index in [1.807, 2.05) is 13.8 Å². The second-order valence-electron chi connectivity index (χ2n) is 5.12. The molecule has 0 saturated heterocycles. The van der Waals surface area contributed by atoms with Gasteiger partial charge < -0.3 is 5.32 Å². The molecule has 5 nitrogen and oxygen atoms in total. The second-order valence-corrected chi connectivity index (χ2v) is 7.10. The molecule has 0 heterocycles. The molecule has 1 aromatic rings. The van der Waals surface area contributed by atoms with Gasteiger partial charge in [0.15, 0.2) is 0 Å². The van der Waals surface area contributed by atoms with Crippen LogP contribution in [0.3, 0.4) is 0 Å². The van der Waals surface area contributed by atoms with Gasteiger partial charge in [-0.3, -0.25) is 4.79 Å². The standard InChI is InChI=1S/C13H18F2N2O3S/c1-9(2)7-17(21(3,19)20)8-13(18)16-12-5-4-10(14)6-11(12)15/h4-6,9H,7-8H2,1-3H3,(H,16,18). The first-order chi connectivity index (χ1) is 9.59. The summed E-state index contributed by atoms with van der Waals surface area (Å²) in [5.41, 5.74) is -0.195. The van der Waals surface area contributed by atoms with E-state index in [0.29, 0.717) is 6.07 Å². The molecule has 21 heavy (non-hydrogen) atoms. The summed E-state index contributed by atoms with van der Waals surface area (Å²) in [6, 6.07) is 2.72. The van der Waals surface area contributed by atoms with Crippen LogP contribution >= 0.6 is 0 Å². The minimum atomic E-state index is -3.55. The second kappa shape index (κ2) is 6.95. The van der Waals surface area contributed by atoms with Crippen LogP contribution in [0.25, 0.3) is 0 Å². The van der Waals surface area contributed by atoms with Gasteiger partial charge in [0.25, 0.3) is 0 Å². The maximum atomic E-state index is 13.4. The molecule has 0 fully saturated rings. The molecule has 0 saturated carbocycles. The van der Waals surface area contributed by atoms with Crippen molar-refractivity contribution in [1.29, 1.82) is 0 Å². The van der Waals surface area contributed by atoms with Crippen molar-refractivity contribution in [2.24, 2.45) is 5.92 Å². The van der Waals surface area contributed by atoms with Crippen LogP contribution in [0.15, 0.2) is 18.2 Å². The normalized spacial score (nSPS) is 12.0. The molecule has 1 N–H and O–H groups in total.